The van der Waals surface area contributed by atoms with Crippen molar-refractivity contribution in [1.82, 2.24) is 9.80 Å². The zero-order chi connectivity index (χ0) is 19.6. The number of carbonyl (C=O) groups is 1. The van der Waals surface area contributed by atoms with E-state index in [1.807, 2.05) is 24.3 Å². The molecule has 1 saturated heterocycles. The van der Waals surface area contributed by atoms with Gasteiger partial charge in [0.05, 0.1) is 24.5 Å². The van der Waals surface area contributed by atoms with E-state index in [-0.39, 0.29) is 18.2 Å². The molecule has 0 spiro atoms. The van der Waals surface area contributed by atoms with Crippen LogP contribution in [0.3, 0.4) is 0 Å². The maximum Gasteiger partial charge on any atom is 0.257 e. The van der Waals surface area contributed by atoms with Crippen LogP contribution in [-0.2, 0) is 26.1 Å². The average Bonchev–Trinajstić information content (AvgIpc) is 2.68. The van der Waals surface area contributed by atoms with Crippen LogP contribution >= 0.6 is 0 Å². The Hall–Kier alpha value is -2.49. The first-order chi connectivity index (χ1) is 13.5. The highest BCUT2D eigenvalue weighted by molar-refractivity contribution is 7.90. The predicted octanol–water partition coefficient (Wildman–Crippen LogP) is 0.955. The minimum absolute atomic E-state index is 0.0562. The lowest BCUT2D eigenvalue weighted by molar-refractivity contribution is -0.112. The largest absolute Gasteiger partial charge is 0.379 e. The Morgan fingerprint density at radius 1 is 1.18 bits per heavy atom. The van der Waals surface area contributed by atoms with Gasteiger partial charge in [-0.25, -0.2) is 8.42 Å². The van der Waals surface area contributed by atoms with Crippen LogP contribution in [0.15, 0.2) is 52.6 Å². The molecule has 8 nitrogen and oxygen atoms in total. The molecular formula is C19H22N4O4S. The monoisotopic (exact) mass is 402 g/mol. The number of fused-ring (bicyclic) bond motifs is 1. The van der Waals surface area contributed by atoms with Crippen LogP contribution in [0.1, 0.15) is 5.56 Å². The SMILES string of the molecule is O=C(Nc1cccc(CN2CCOCC2)c1)C1=CN2CCS(=O)(=O)N=C2C=C1. The zero-order valence-electron chi connectivity index (χ0n) is 15.4. The molecule has 0 atom stereocenters. The first-order valence-electron chi connectivity index (χ1n) is 9.18. The number of hydrogen-bond acceptors (Lipinski definition) is 6. The summed E-state index contributed by atoms with van der Waals surface area (Å²) < 4.78 is 32.2. The van der Waals surface area contributed by atoms with Gasteiger partial charge in [-0.05, 0) is 29.8 Å². The quantitative estimate of drug-likeness (QED) is 0.807. The van der Waals surface area contributed by atoms with Crippen molar-refractivity contribution in [3.8, 4) is 0 Å². The number of anilines is 1. The number of carbonyl (C=O) groups excluding carboxylic acids is 1. The van der Waals surface area contributed by atoms with Gasteiger partial charge >= 0.3 is 0 Å². The summed E-state index contributed by atoms with van der Waals surface area (Å²) in [7, 11) is -3.40. The zero-order valence-corrected chi connectivity index (χ0v) is 16.2. The number of rotatable bonds is 4. The van der Waals surface area contributed by atoms with Gasteiger partial charge in [0.25, 0.3) is 15.9 Å². The Morgan fingerprint density at radius 2 is 2.00 bits per heavy atom. The summed E-state index contributed by atoms with van der Waals surface area (Å²) in [6, 6.07) is 7.80. The summed E-state index contributed by atoms with van der Waals surface area (Å²) in [6.45, 7) is 4.42. The molecule has 4 rings (SSSR count). The lowest BCUT2D eigenvalue weighted by Crippen LogP contribution is -2.37. The Balaban J connectivity index is 1.42. The number of sulfonamides is 1. The van der Waals surface area contributed by atoms with E-state index in [0.717, 1.165) is 44.1 Å². The number of amides is 1. The van der Waals surface area contributed by atoms with Crippen molar-refractivity contribution >= 4 is 27.5 Å². The first kappa shape index (κ1) is 18.9. The molecule has 1 fully saturated rings. The number of ether oxygens (including phenoxy) is 1. The molecule has 0 aromatic heterocycles. The second kappa shape index (κ2) is 7.86. The molecule has 1 N–H and O–H groups in total. The van der Waals surface area contributed by atoms with Crippen molar-refractivity contribution < 1.29 is 17.9 Å². The van der Waals surface area contributed by atoms with Crippen LogP contribution in [0.25, 0.3) is 0 Å². The van der Waals surface area contributed by atoms with E-state index >= 15 is 0 Å². The van der Waals surface area contributed by atoms with Crippen molar-refractivity contribution in [1.29, 1.82) is 0 Å². The summed E-state index contributed by atoms with van der Waals surface area (Å²) >= 11 is 0. The van der Waals surface area contributed by atoms with Crippen LogP contribution < -0.4 is 5.32 Å². The van der Waals surface area contributed by atoms with E-state index in [1.165, 1.54) is 0 Å². The van der Waals surface area contributed by atoms with E-state index in [4.69, 9.17) is 4.74 Å². The van der Waals surface area contributed by atoms with Crippen LogP contribution in [0.5, 0.6) is 0 Å². The van der Waals surface area contributed by atoms with Crippen LogP contribution in [0.4, 0.5) is 5.69 Å². The molecule has 1 aromatic rings. The topological polar surface area (TPSA) is 91.3 Å². The fourth-order valence-corrected chi connectivity index (χ4v) is 4.27. The van der Waals surface area contributed by atoms with Gasteiger partial charge in [-0.2, -0.15) is 0 Å². The van der Waals surface area contributed by atoms with E-state index in [1.54, 1.807) is 23.3 Å². The number of amidine groups is 1. The summed E-state index contributed by atoms with van der Waals surface area (Å²) in [5, 5.41) is 2.91. The molecule has 1 aromatic carbocycles. The lowest BCUT2D eigenvalue weighted by Gasteiger charge is -2.27. The molecule has 3 aliphatic rings. The third-order valence-corrected chi connectivity index (χ3v) is 5.94. The third kappa shape index (κ3) is 4.49. The summed E-state index contributed by atoms with van der Waals surface area (Å²) in [6.07, 6.45) is 4.78. The lowest BCUT2D eigenvalue weighted by atomic mass is 10.1. The Morgan fingerprint density at radius 3 is 2.82 bits per heavy atom. The average molecular weight is 402 g/mol. The molecule has 3 heterocycles. The van der Waals surface area contributed by atoms with Crippen LogP contribution in [0.2, 0.25) is 0 Å². The van der Waals surface area contributed by atoms with Gasteiger partial charge in [-0.3, -0.25) is 9.69 Å². The molecular weight excluding hydrogens is 380 g/mol. The molecule has 28 heavy (non-hydrogen) atoms. The van der Waals surface area contributed by atoms with Crippen molar-refractivity contribution in [2.24, 2.45) is 4.40 Å². The number of morpholine rings is 1. The second-order valence-corrected chi connectivity index (χ2v) is 8.64. The van der Waals surface area contributed by atoms with Crippen molar-refractivity contribution in [3.63, 3.8) is 0 Å². The Labute approximate surface area is 164 Å². The van der Waals surface area contributed by atoms with Gasteiger partial charge in [0.15, 0.2) is 0 Å². The highest BCUT2D eigenvalue weighted by Gasteiger charge is 2.25. The normalized spacial score (nSPS) is 21.5. The molecule has 0 saturated carbocycles. The molecule has 0 radical (unpaired) electrons. The third-order valence-electron chi connectivity index (χ3n) is 4.78. The van der Waals surface area contributed by atoms with Crippen molar-refractivity contribution in [2.45, 2.75) is 6.54 Å². The second-order valence-electron chi connectivity index (χ2n) is 6.89. The van der Waals surface area contributed by atoms with E-state index in [2.05, 4.69) is 14.6 Å². The van der Waals surface area contributed by atoms with Crippen LogP contribution in [-0.4, -0.2) is 68.6 Å². The van der Waals surface area contributed by atoms with Gasteiger partial charge in [0.2, 0.25) is 0 Å². The van der Waals surface area contributed by atoms with Crippen molar-refractivity contribution in [3.05, 3.63) is 53.8 Å². The molecule has 0 unspecified atom stereocenters. The van der Waals surface area contributed by atoms with E-state index in [0.29, 0.717) is 11.4 Å². The summed E-state index contributed by atoms with van der Waals surface area (Å²) in [4.78, 5) is 16.6. The van der Waals surface area contributed by atoms with Gasteiger partial charge in [-0.1, -0.05) is 12.1 Å². The Kier molecular flexibility index (Phi) is 5.29. The van der Waals surface area contributed by atoms with Gasteiger partial charge < -0.3 is 15.0 Å². The smallest absolute Gasteiger partial charge is 0.257 e. The Bertz CT molecular complexity index is 962. The molecule has 0 aliphatic carbocycles. The maximum atomic E-state index is 12.6. The van der Waals surface area contributed by atoms with Crippen molar-refractivity contribution in [2.75, 3.05) is 43.9 Å². The van der Waals surface area contributed by atoms with Gasteiger partial charge in [0, 0.05) is 38.1 Å². The molecule has 0 bridgehead atoms. The van der Waals surface area contributed by atoms with Crippen LogP contribution in [0, 0.1) is 0 Å². The first-order valence-corrected chi connectivity index (χ1v) is 10.8. The van der Waals surface area contributed by atoms with E-state index < -0.39 is 10.0 Å². The minimum Gasteiger partial charge on any atom is -0.379 e. The molecule has 148 valence electrons. The molecule has 3 aliphatic heterocycles. The number of nitrogens with zero attached hydrogens (tertiary/aromatic N) is 3. The number of benzene rings is 1. The standard InChI is InChI=1S/C19H22N4O4S/c24-19(16-4-5-18-21-28(25,26)11-8-23(18)14-16)20-17-3-1-2-15(12-17)13-22-6-9-27-10-7-22/h1-5,12,14H,6-11,13H2,(H,20,24). The molecule has 9 heteroatoms. The predicted molar refractivity (Wildman–Crippen MR) is 106 cm³/mol. The van der Waals surface area contributed by atoms with Gasteiger partial charge in [-0.15, -0.1) is 4.40 Å². The fourth-order valence-electron chi connectivity index (χ4n) is 3.30. The summed E-state index contributed by atoms with van der Waals surface area (Å²) in [5.74, 6) is 0.0434. The minimum atomic E-state index is -3.40. The molecule has 1 amide bonds. The highest BCUT2D eigenvalue weighted by Crippen LogP contribution is 2.18. The highest BCUT2D eigenvalue weighted by atomic mass is 32.2. The fraction of sp³-hybridized carbons (Fsp3) is 0.368. The number of nitrogens with one attached hydrogen (secondary N) is 1. The number of hydrogen-bond donors (Lipinski definition) is 1. The summed E-state index contributed by atoms with van der Waals surface area (Å²) in [5.41, 5.74) is 2.31. The van der Waals surface area contributed by atoms with Gasteiger partial charge in [0.1, 0.15) is 5.84 Å². The van der Waals surface area contributed by atoms with E-state index in [9.17, 15) is 13.2 Å². The maximum absolute atomic E-state index is 12.6.